The van der Waals surface area contributed by atoms with Crippen LogP contribution in [-0.4, -0.2) is 74.0 Å². The summed E-state index contributed by atoms with van der Waals surface area (Å²) in [7, 11) is 0. The van der Waals surface area contributed by atoms with Gasteiger partial charge in [0.1, 0.15) is 0 Å². The van der Waals surface area contributed by atoms with Crippen LogP contribution in [0.1, 0.15) is 20.7 Å². The number of piperazine rings is 2. The number of nitrogens with zero attached hydrogens (tertiary/aromatic N) is 4. The van der Waals surface area contributed by atoms with Crippen LogP contribution >= 0.6 is 46.4 Å². The standard InChI is InChI=1S/C28H26Cl4N4O2/c29-19-3-1-5-21(15-19)33-7-11-35(12-8-33)27(37)23-17-25(31)26(32)18-24(23)28(38)36-13-9-34(10-14-36)22-6-2-4-20(30)16-22/h1-6,15-18H,7-14H2. The van der Waals surface area contributed by atoms with E-state index in [9.17, 15) is 9.59 Å². The first-order valence-electron chi connectivity index (χ1n) is 12.4. The third kappa shape index (κ3) is 5.84. The molecule has 10 heteroatoms. The van der Waals surface area contributed by atoms with Crippen molar-refractivity contribution in [3.05, 3.63) is 91.9 Å². The summed E-state index contributed by atoms with van der Waals surface area (Å²) in [6.45, 7) is 4.67. The van der Waals surface area contributed by atoms with E-state index in [2.05, 4.69) is 9.80 Å². The van der Waals surface area contributed by atoms with Gasteiger partial charge in [-0.05, 0) is 48.5 Å². The smallest absolute Gasteiger partial charge is 0.254 e. The first-order chi connectivity index (χ1) is 18.3. The van der Waals surface area contributed by atoms with Crippen LogP contribution in [0.5, 0.6) is 0 Å². The molecule has 0 spiro atoms. The first kappa shape index (κ1) is 26.9. The highest BCUT2D eigenvalue weighted by Crippen LogP contribution is 2.29. The van der Waals surface area contributed by atoms with Gasteiger partial charge < -0.3 is 19.6 Å². The number of hydrogen-bond acceptors (Lipinski definition) is 4. The van der Waals surface area contributed by atoms with Crippen LogP contribution in [0.4, 0.5) is 11.4 Å². The molecule has 198 valence electrons. The molecule has 2 fully saturated rings. The molecule has 2 heterocycles. The lowest BCUT2D eigenvalue weighted by Gasteiger charge is -2.37. The Morgan fingerprint density at radius 3 is 1.24 bits per heavy atom. The van der Waals surface area contributed by atoms with Gasteiger partial charge in [0.05, 0.1) is 21.2 Å². The Morgan fingerprint density at radius 2 is 0.895 bits per heavy atom. The van der Waals surface area contributed by atoms with Gasteiger partial charge in [0.2, 0.25) is 0 Å². The van der Waals surface area contributed by atoms with E-state index in [1.165, 1.54) is 12.1 Å². The molecular weight excluding hydrogens is 566 g/mol. The second-order valence-electron chi connectivity index (χ2n) is 9.33. The molecular formula is C28H26Cl4N4O2. The molecule has 6 nitrogen and oxygen atoms in total. The summed E-state index contributed by atoms with van der Waals surface area (Å²) >= 11 is 24.9. The number of carbonyl (C=O) groups excluding carboxylic acids is 2. The van der Waals surface area contributed by atoms with E-state index in [-0.39, 0.29) is 33.0 Å². The molecule has 0 radical (unpaired) electrons. The average molecular weight is 592 g/mol. The van der Waals surface area contributed by atoms with Crippen LogP contribution < -0.4 is 9.80 Å². The molecule has 5 rings (SSSR count). The van der Waals surface area contributed by atoms with Crippen LogP contribution in [0.25, 0.3) is 0 Å². The molecule has 38 heavy (non-hydrogen) atoms. The fraction of sp³-hybridized carbons (Fsp3) is 0.286. The van der Waals surface area contributed by atoms with Crippen LogP contribution in [0.15, 0.2) is 60.7 Å². The van der Waals surface area contributed by atoms with Crippen molar-refractivity contribution in [1.29, 1.82) is 0 Å². The topological polar surface area (TPSA) is 47.1 Å². The minimum atomic E-state index is -0.227. The molecule has 2 aliphatic heterocycles. The van der Waals surface area contributed by atoms with Gasteiger partial charge in [-0.15, -0.1) is 0 Å². The number of anilines is 2. The lowest BCUT2D eigenvalue weighted by Crippen LogP contribution is -2.50. The maximum absolute atomic E-state index is 13.6. The van der Waals surface area contributed by atoms with Gasteiger partial charge in [0.25, 0.3) is 11.8 Å². The molecule has 2 amide bonds. The van der Waals surface area contributed by atoms with Crippen LogP contribution in [0.2, 0.25) is 20.1 Å². The van der Waals surface area contributed by atoms with Gasteiger partial charge >= 0.3 is 0 Å². The van der Waals surface area contributed by atoms with Crippen LogP contribution in [-0.2, 0) is 0 Å². The van der Waals surface area contributed by atoms with E-state index in [0.717, 1.165) is 11.4 Å². The third-order valence-electron chi connectivity index (χ3n) is 7.00. The maximum atomic E-state index is 13.6. The van der Waals surface area contributed by atoms with E-state index < -0.39 is 0 Å². The summed E-state index contributed by atoms with van der Waals surface area (Å²) < 4.78 is 0. The highest BCUT2D eigenvalue weighted by molar-refractivity contribution is 6.42. The molecule has 3 aromatic rings. The van der Waals surface area contributed by atoms with E-state index in [4.69, 9.17) is 46.4 Å². The highest BCUT2D eigenvalue weighted by atomic mass is 35.5. The maximum Gasteiger partial charge on any atom is 0.254 e. The van der Waals surface area contributed by atoms with E-state index >= 15 is 0 Å². The minimum absolute atomic E-state index is 0.227. The second-order valence-corrected chi connectivity index (χ2v) is 11.0. The van der Waals surface area contributed by atoms with Gasteiger partial charge in [0.15, 0.2) is 0 Å². The molecule has 0 aliphatic carbocycles. The molecule has 0 aromatic heterocycles. The average Bonchev–Trinajstić information content (AvgIpc) is 2.94. The summed E-state index contributed by atoms with van der Waals surface area (Å²) in [6.07, 6.45) is 0. The predicted molar refractivity (Wildman–Crippen MR) is 156 cm³/mol. The Morgan fingerprint density at radius 1 is 0.526 bits per heavy atom. The zero-order chi connectivity index (χ0) is 26.8. The van der Waals surface area contributed by atoms with Crippen LogP contribution in [0, 0.1) is 0 Å². The van der Waals surface area contributed by atoms with E-state index in [1.54, 1.807) is 9.80 Å². The third-order valence-corrected chi connectivity index (χ3v) is 8.19. The highest BCUT2D eigenvalue weighted by Gasteiger charge is 2.30. The van der Waals surface area contributed by atoms with E-state index in [1.807, 2.05) is 48.5 Å². The number of carbonyl (C=O) groups is 2. The van der Waals surface area contributed by atoms with Gasteiger partial charge in [-0.25, -0.2) is 0 Å². The number of halogens is 4. The first-order valence-corrected chi connectivity index (χ1v) is 13.9. The Balaban J connectivity index is 1.29. The van der Waals surface area contributed by atoms with Crippen molar-refractivity contribution in [2.45, 2.75) is 0 Å². The second kappa shape index (κ2) is 11.6. The fourth-order valence-electron chi connectivity index (χ4n) is 4.92. The molecule has 0 unspecified atom stereocenters. The zero-order valence-electron chi connectivity index (χ0n) is 20.5. The number of rotatable bonds is 4. The summed E-state index contributed by atoms with van der Waals surface area (Å²) in [4.78, 5) is 35.2. The van der Waals surface area contributed by atoms with Gasteiger partial charge in [-0.2, -0.15) is 0 Å². The molecule has 3 aromatic carbocycles. The number of hydrogen-bond donors (Lipinski definition) is 0. The van der Waals surface area contributed by atoms with Crippen molar-refractivity contribution in [3.63, 3.8) is 0 Å². The van der Waals surface area contributed by atoms with Crippen molar-refractivity contribution in [1.82, 2.24) is 9.80 Å². The molecule has 0 N–H and O–H groups in total. The van der Waals surface area contributed by atoms with Crippen molar-refractivity contribution >= 4 is 69.6 Å². The molecule has 2 saturated heterocycles. The van der Waals surface area contributed by atoms with Crippen molar-refractivity contribution in [2.24, 2.45) is 0 Å². The molecule has 0 bridgehead atoms. The van der Waals surface area contributed by atoms with Gasteiger partial charge in [0, 0.05) is 73.8 Å². The van der Waals surface area contributed by atoms with Crippen molar-refractivity contribution in [2.75, 3.05) is 62.2 Å². The lowest BCUT2D eigenvalue weighted by molar-refractivity contribution is 0.0707. The molecule has 2 aliphatic rings. The molecule has 0 atom stereocenters. The molecule has 0 saturated carbocycles. The summed E-state index contributed by atoms with van der Waals surface area (Å²) in [5, 5.41) is 1.84. The monoisotopic (exact) mass is 590 g/mol. The Labute approximate surface area is 242 Å². The van der Waals surface area contributed by atoms with Crippen molar-refractivity contribution < 1.29 is 9.59 Å². The quantitative estimate of drug-likeness (QED) is 0.361. The summed E-state index contributed by atoms with van der Waals surface area (Å²) in [5.41, 5.74) is 2.59. The number of amides is 2. The Hall–Kier alpha value is -2.64. The SMILES string of the molecule is O=C(c1cc(Cl)c(Cl)cc1C(=O)N1CCN(c2cccc(Cl)c2)CC1)N1CCN(c2cccc(Cl)c2)CC1. The van der Waals surface area contributed by atoms with Crippen LogP contribution in [0.3, 0.4) is 0 Å². The van der Waals surface area contributed by atoms with Gasteiger partial charge in [-0.3, -0.25) is 9.59 Å². The predicted octanol–water partition coefficient (Wildman–Crippen LogP) is 6.23. The van der Waals surface area contributed by atoms with Crippen molar-refractivity contribution in [3.8, 4) is 0 Å². The summed E-state index contributed by atoms with van der Waals surface area (Å²) in [6, 6.07) is 18.4. The lowest BCUT2D eigenvalue weighted by atomic mass is 10.0. The normalized spacial score (nSPS) is 16.1. The van der Waals surface area contributed by atoms with E-state index in [0.29, 0.717) is 62.4 Å². The Bertz CT molecular complexity index is 1250. The Kier molecular flexibility index (Phi) is 8.24. The number of benzene rings is 3. The van der Waals surface area contributed by atoms with Gasteiger partial charge in [-0.1, -0.05) is 58.5 Å². The summed E-state index contributed by atoms with van der Waals surface area (Å²) in [5.74, 6) is -0.453. The fourth-order valence-corrected chi connectivity index (χ4v) is 5.62. The minimum Gasteiger partial charge on any atom is -0.368 e. The zero-order valence-corrected chi connectivity index (χ0v) is 23.6. The largest absolute Gasteiger partial charge is 0.368 e.